The van der Waals surface area contributed by atoms with Gasteiger partial charge in [-0.2, -0.15) is 0 Å². The van der Waals surface area contributed by atoms with Crippen molar-refractivity contribution in [2.75, 3.05) is 0 Å². The molecule has 1 aliphatic heterocycles. The first-order valence-electron chi connectivity index (χ1n) is 10.3. The highest BCUT2D eigenvalue weighted by Crippen LogP contribution is 2.32. The number of hydrogen-bond acceptors (Lipinski definition) is 6. The van der Waals surface area contributed by atoms with Gasteiger partial charge in [0.2, 0.25) is 5.79 Å². The van der Waals surface area contributed by atoms with E-state index in [1.807, 2.05) is 48.5 Å². The maximum atomic E-state index is 12.2. The topological polar surface area (TPSA) is 73.9 Å². The zero-order valence-electron chi connectivity index (χ0n) is 17.6. The van der Waals surface area contributed by atoms with Crippen LogP contribution in [-0.2, 0) is 32.2 Å². The molecule has 160 valence electrons. The Morgan fingerprint density at radius 3 is 2.58 bits per heavy atom. The van der Waals surface area contributed by atoms with Crippen molar-refractivity contribution in [1.82, 2.24) is 5.32 Å². The number of nitrogens with one attached hydrogen (secondary N) is 1. The Morgan fingerprint density at radius 2 is 1.84 bits per heavy atom. The monoisotopic (exact) mass is 419 g/mol. The molecule has 0 amide bonds. The molecule has 1 N–H and O–H groups in total. The van der Waals surface area contributed by atoms with Crippen LogP contribution in [0.3, 0.4) is 0 Å². The predicted molar refractivity (Wildman–Crippen MR) is 115 cm³/mol. The zero-order valence-corrected chi connectivity index (χ0v) is 17.6. The highest BCUT2D eigenvalue weighted by molar-refractivity contribution is 5.91. The van der Waals surface area contributed by atoms with E-state index in [9.17, 15) is 9.59 Å². The normalized spacial score (nSPS) is 19.4. The summed E-state index contributed by atoms with van der Waals surface area (Å²) >= 11 is 0. The lowest BCUT2D eigenvalue weighted by Gasteiger charge is -2.37. The molecule has 6 heteroatoms. The van der Waals surface area contributed by atoms with Crippen LogP contribution >= 0.6 is 0 Å². The molecule has 1 heterocycles. The van der Waals surface area contributed by atoms with Crippen molar-refractivity contribution in [2.24, 2.45) is 0 Å². The molecule has 0 bridgehead atoms. The fourth-order valence-electron chi connectivity index (χ4n) is 3.52. The van der Waals surface area contributed by atoms with E-state index in [-0.39, 0.29) is 24.6 Å². The number of cyclic esters (lactones) is 1. The molecular formula is C25H25NO5. The Hall–Kier alpha value is -3.38. The first kappa shape index (κ1) is 20.9. The second-order valence-electron chi connectivity index (χ2n) is 8.00. The zero-order chi connectivity index (χ0) is 21.8. The number of ether oxygens (including phenoxy) is 3. The molecule has 0 saturated carbocycles. The van der Waals surface area contributed by atoms with Gasteiger partial charge in [-0.3, -0.25) is 0 Å². The second-order valence-corrected chi connectivity index (χ2v) is 8.00. The van der Waals surface area contributed by atoms with Crippen LogP contribution in [0.4, 0.5) is 0 Å². The Balaban J connectivity index is 1.30. The van der Waals surface area contributed by atoms with Crippen molar-refractivity contribution in [3.8, 4) is 0 Å². The van der Waals surface area contributed by atoms with Crippen LogP contribution in [0.5, 0.6) is 0 Å². The predicted octanol–water partition coefficient (Wildman–Crippen LogP) is 4.03. The Morgan fingerprint density at radius 1 is 1.10 bits per heavy atom. The summed E-state index contributed by atoms with van der Waals surface area (Å²) in [7, 11) is 0. The Kier molecular flexibility index (Phi) is 5.91. The van der Waals surface area contributed by atoms with E-state index in [4.69, 9.17) is 14.2 Å². The van der Waals surface area contributed by atoms with Gasteiger partial charge in [-0.05, 0) is 35.8 Å². The van der Waals surface area contributed by atoms with Crippen molar-refractivity contribution in [3.63, 3.8) is 0 Å². The molecule has 4 rings (SSSR count). The lowest BCUT2D eigenvalue weighted by molar-refractivity contribution is -0.242. The van der Waals surface area contributed by atoms with Gasteiger partial charge in [0, 0.05) is 26.1 Å². The van der Waals surface area contributed by atoms with E-state index in [1.54, 1.807) is 32.1 Å². The van der Waals surface area contributed by atoms with Crippen LogP contribution in [0.15, 0.2) is 78.0 Å². The van der Waals surface area contributed by atoms with E-state index in [0.29, 0.717) is 24.1 Å². The summed E-state index contributed by atoms with van der Waals surface area (Å²) in [5.41, 5.74) is 3.83. The van der Waals surface area contributed by atoms with Crippen LogP contribution < -0.4 is 5.32 Å². The molecule has 6 nitrogen and oxygen atoms in total. The quantitative estimate of drug-likeness (QED) is 0.713. The summed E-state index contributed by atoms with van der Waals surface area (Å²) in [6, 6.07) is 16.8. The first-order chi connectivity index (χ1) is 14.9. The number of carbonyl (C=O) groups excluding carboxylic acids is 2. The minimum Gasteiger partial charge on any atom is -0.457 e. The largest absolute Gasteiger partial charge is 0.457 e. The smallest absolute Gasteiger partial charge is 0.339 e. The third kappa shape index (κ3) is 5.22. The fourth-order valence-corrected chi connectivity index (χ4v) is 3.52. The van der Waals surface area contributed by atoms with Crippen LogP contribution in [-0.4, -0.2) is 23.8 Å². The SMILES string of the molecule is CC1(C)OC(=O)C2=CC(NCc3ccc(C(=O)OCc4ccccc4)cc3)=CCC2O1. The van der Waals surface area contributed by atoms with Crippen molar-refractivity contribution < 1.29 is 23.8 Å². The number of allylic oxidation sites excluding steroid dienone is 1. The van der Waals surface area contributed by atoms with Crippen LogP contribution in [0.2, 0.25) is 0 Å². The molecule has 2 aromatic rings. The van der Waals surface area contributed by atoms with Crippen LogP contribution in [0.25, 0.3) is 0 Å². The summed E-state index contributed by atoms with van der Waals surface area (Å²) < 4.78 is 16.5. The number of rotatable bonds is 6. The summed E-state index contributed by atoms with van der Waals surface area (Å²) in [5, 5.41) is 3.31. The molecule has 0 radical (unpaired) electrons. The number of benzene rings is 2. The average molecular weight is 419 g/mol. The molecule has 1 saturated heterocycles. The number of hydrogen-bond donors (Lipinski definition) is 1. The maximum absolute atomic E-state index is 12.2. The van der Waals surface area contributed by atoms with Crippen LogP contribution in [0, 0.1) is 0 Å². The highest BCUT2D eigenvalue weighted by Gasteiger charge is 2.39. The number of carbonyl (C=O) groups is 2. The molecular weight excluding hydrogens is 394 g/mol. The van der Waals surface area contributed by atoms with E-state index >= 15 is 0 Å². The highest BCUT2D eigenvalue weighted by atomic mass is 16.7. The maximum Gasteiger partial charge on any atom is 0.339 e. The molecule has 1 unspecified atom stereocenters. The molecule has 2 aliphatic rings. The summed E-state index contributed by atoms with van der Waals surface area (Å²) in [4.78, 5) is 24.5. The summed E-state index contributed by atoms with van der Waals surface area (Å²) in [6.45, 7) is 4.28. The lowest BCUT2D eigenvalue weighted by atomic mass is 9.98. The Bertz CT molecular complexity index is 1020. The fraction of sp³-hybridized carbons (Fsp3) is 0.280. The van der Waals surface area contributed by atoms with E-state index < -0.39 is 5.79 Å². The summed E-state index contributed by atoms with van der Waals surface area (Å²) in [5.74, 6) is -1.60. The standard InChI is InChI=1S/C25H25NO5/c1-25(2)30-22-13-12-20(14-21(22)24(28)31-25)26-15-17-8-10-19(11-9-17)23(27)29-16-18-6-4-3-5-7-18/h3-12,14,22,26H,13,15-16H2,1-2H3. The van der Waals surface area contributed by atoms with Crippen molar-refractivity contribution >= 4 is 11.9 Å². The van der Waals surface area contributed by atoms with Crippen molar-refractivity contribution in [3.05, 3.63) is 94.7 Å². The van der Waals surface area contributed by atoms with Crippen LogP contribution in [0.1, 0.15) is 41.8 Å². The number of esters is 2. The average Bonchev–Trinajstić information content (AvgIpc) is 2.76. The minimum atomic E-state index is -0.901. The molecule has 0 aromatic heterocycles. The molecule has 0 spiro atoms. The summed E-state index contributed by atoms with van der Waals surface area (Å²) in [6.07, 6.45) is 4.13. The van der Waals surface area contributed by atoms with Gasteiger partial charge >= 0.3 is 11.9 Å². The van der Waals surface area contributed by atoms with Gasteiger partial charge in [-0.15, -0.1) is 0 Å². The molecule has 1 atom stereocenters. The van der Waals surface area contributed by atoms with Crippen molar-refractivity contribution in [1.29, 1.82) is 0 Å². The van der Waals surface area contributed by atoms with E-state index in [2.05, 4.69) is 5.32 Å². The molecule has 2 aromatic carbocycles. The number of fused-ring (bicyclic) bond motifs is 1. The Labute approximate surface area is 181 Å². The second kappa shape index (κ2) is 8.78. The van der Waals surface area contributed by atoms with Gasteiger partial charge in [-0.25, -0.2) is 9.59 Å². The molecule has 1 fully saturated rings. The lowest BCUT2D eigenvalue weighted by Crippen LogP contribution is -2.45. The van der Waals surface area contributed by atoms with Gasteiger partial charge < -0.3 is 19.5 Å². The van der Waals surface area contributed by atoms with Crippen molar-refractivity contribution in [2.45, 2.75) is 45.3 Å². The van der Waals surface area contributed by atoms with Gasteiger partial charge in [0.25, 0.3) is 0 Å². The molecule has 1 aliphatic carbocycles. The van der Waals surface area contributed by atoms with E-state index in [0.717, 1.165) is 16.8 Å². The van der Waals surface area contributed by atoms with Gasteiger partial charge in [0.1, 0.15) is 6.61 Å². The third-order valence-corrected chi connectivity index (χ3v) is 5.11. The van der Waals surface area contributed by atoms with Gasteiger partial charge in [0.15, 0.2) is 0 Å². The van der Waals surface area contributed by atoms with E-state index in [1.165, 1.54) is 0 Å². The third-order valence-electron chi connectivity index (χ3n) is 5.11. The molecule has 31 heavy (non-hydrogen) atoms. The van der Waals surface area contributed by atoms with Gasteiger partial charge in [-0.1, -0.05) is 48.5 Å². The minimum absolute atomic E-state index is 0.246. The van der Waals surface area contributed by atoms with Gasteiger partial charge in [0.05, 0.1) is 17.2 Å². The first-order valence-corrected chi connectivity index (χ1v) is 10.3.